The molecule has 1 saturated heterocycles. The van der Waals surface area contributed by atoms with Gasteiger partial charge in [0.1, 0.15) is 0 Å². The maximum Gasteiger partial charge on any atom is 0.238 e. The summed E-state index contributed by atoms with van der Waals surface area (Å²) in [6.45, 7) is 3.05. The Kier molecular flexibility index (Phi) is 4.74. The summed E-state index contributed by atoms with van der Waals surface area (Å²) in [4.78, 5) is 25.7. The van der Waals surface area contributed by atoms with Crippen molar-refractivity contribution in [1.29, 1.82) is 0 Å². The predicted octanol–water partition coefficient (Wildman–Crippen LogP) is 1.14. The van der Waals surface area contributed by atoms with Gasteiger partial charge in [-0.05, 0) is 38.4 Å². The van der Waals surface area contributed by atoms with Gasteiger partial charge in [-0.15, -0.1) is 0 Å². The molecule has 1 aromatic carbocycles. The second-order valence-corrected chi connectivity index (χ2v) is 5.16. The number of carbonyl (C=O) groups is 2. The van der Waals surface area contributed by atoms with E-state index < -0.39 is 0 Å². The largest absolute Gasteiger partial charge is 0.358 e. The minimum Gasteiger partial charge on any atom is -0.358 e. The van der Waals surface area contributed by atoms with Gasteiger partial charge in [0.25, 0.3) is 0 Å². The zero-order chi connectivity index (χ0) is 14.5. The third-order valence-corrected chi connectivity index (χ3v) is 3.59. The minimum atomic E-state index is -0.177. The first-order valence-corrected chi connectivity index (χ1v) is 6.92. The molecule has 2 N–H and O–H groups in total. The highest BCUT2D eigenvalue weighted by atomic mass is 16.2. The van der Waals surface area contributed by atoms with Gasteiger partial charge in [0.2, 0.25) is 11.8 Å². The molecule has 0 radical (unpaired) electrons. The molecule has 1 aromatic rings. The highest BCUT2D eigenvalue weighted by Crippen LogP contribution is 2.17. The quantitative estimate of drug-likeness (QED) is 0.866. The second kappa shape index (κ2) is 6.52. The second-order valence-electron chi connectivity index (χ2n) is 5.16. The molecule has 0 aliphatic carbocycles. The van der Waals surface area contributed by atoms with Crippen molar-refractivity contribution in [1.82, 2.24) is 10.2 Å². The molecule has 0 saturated carbocycles. The van der Waals surface area contributed by atoms with Crippen LogP contribution >= 0.6 is 0 Å². The first kappa shape index (κ1) is 14.5. The molecule has 108 valence electrons. The molecule has 0 aromatic heterocycles. The molecule has 1 heterocycles. The van der Waals surface area contributed by atoms with E-state index in [1.54, 1.807) is 7.05 Å². The Labute approximate surface area is 119 Å². The van der Waals surface area contributed by atoms with Crippen LogP contribution in [0.4, 0.5) is 5.69 Å². The van der Waals surface area contributed by atoms with Crippen LogP contribution in [-0.4, -0.2) is 42.9 Å². The van der Waals surface area contributed by atoms with Gasteiger partial charge in [0, 0.05) is 12.7 Å². The fourth-order valence-corrected chi connectivity index (χ4v) is 2.50. The molecule has 0 bridgehead atoms. The summed E-state index contributed by atoms with van der Waals surface area (Å²) in [6, 6.07) is 7.50. The lowest BCUT2D eigenvalue weighted by molar-refractivity contribution is -0.126. The molecule has 1 atom stereocenters. The zero-order valence-electron chi connectivity index (χ0n) is 12.0. The number of likely N-dealkylation sites (tertiary alicyclic amines) is 1. The standard InChI is InChI=1S/C15H21N3O2/c1-11-5-7-12(8-6-11)17-14(19)10-18-9-3-4-13(18)15(20)16-2/h5-8,13H,3-4,9-10H2,1-2H3,(H,16,20)(H,17,19). The van der Waals surface area contributed by atoms with Gasteiger partial charge in [0.15, 0.2) is 0 Å². The van der Waals surface area contributed by atoms with Gasteiger partial charge < -0.3 is 10.6 Å². The molecule has 2 amide bonds. The average molecular weight is 275 g/mol. The maximum absolute atomic E-state index is 12.0. The summed E-state index contributed by atoms with van der Waals surface area (Å²) in [5.74, 6) is -0.0877. The Morgan fingerprint density at radius 2 is 2.00 bits per heavy atom. The van der Waals surface area contributed by atoms with E-state index in [4.69, 9.17) is 0 Å². The van der Waals surface area contributed by atoms with E-state index in [9.17, 15) is 9.59 Å². The Balaban J connectivity index is 1.90. The Bertz CT molecular complexity index is 484. The van der Waals surface area contributed by atoms with Gasteiger partial charge in [-0.2, -0.15) is 0 Å². The lowest BCUT2D eigenvalue weighted by atomic mass is 10.2. The Hall–Kier alpha value is -1.88. The number of amides is 2. The van der Waals surface area contributed by atoms with Gasteiger partial charge in [-0.1, -0.05) is 17.7 Å². The smallest absolute Gasteiger partial charge is 0.238 e. The van der Waals surface area contributed by atoms with E-state index in [0.717, 1.165) is 30.6 Å². The van der Waals surface area contributed by atoms with E-state index in [0.29, 0.717) is 0 Å². The number of hydrogen-bond acceptors (Lipinski definition) is 3. The lowest BCUT2D eigenvalue weighted by Crippen LogP contribution is -2.45. The Morgan fingerprint density at radius 3 is 2.65 bits per heavy atom. The molecule has 1 aliphatic rings. The monoisotopic (exact) mass is 275 g/mol. The minimum absolute atomic E-state index is 0.00867. The van der Waals surface area contributed by atoms with Crippen molar-refractivity contribution < 1.29 is 9.59 Å². The van der Waals surface area contributed by atoms with Crippen molar-refractivity contribution in [3.63, 3.8) is 0 Å². The SMILES string of the molecule is CNC(=O)C1CCCN1CC(=O)Nc1ccc(C)cc1. The number of rotatable bonds is 4. The molecule has 5 heteroatoms. The summed E-state index contributed by atoms with van der Waals surface area (Å²) < 4.78 is 0. The number of benzene rings is 1. The van der Waals surface area contributed by atoms with Crippen molar-refractivity contribution in [3.05, 3.63) is 29.8 Å². The fraction of sp³-hybridized carbons (Fsp3) is 0.467. The number of likely N-dealkylation sites (N-methyl/N-ethyl adjacent to an activating group) is 1. The van der Waals surface area contributed by atoms with Crippen LogP contribution in [0.15, 0.2) is 24.3 Å². The number of aryl methyl sites for hydroxylation is 1. The van der Waals surface area contributed by atoms with Crippen molar-refractivity contribution in [2.45, 2.75) is 25.8 Å². The topological polar surface area (TPSA) is 61.4 Å². The van der Waals surface area contributed by atoms with Crippen LogP contribution < -0.4 is 10.6 Å². The van der Waals surface area contributed by atoms with Crippen LogP contribution in [0.3, 0.4) is 0 Å². The molecular weight excluding hydrogens is 254 g/mol. The van der Waals surface area contributed by atoms with Crippen LogP contribution in [0.2, 0.25) is 0 Å². The van der Waals surface area contributed by atoms with Crippen LogP contribution in [0, 0.1) is 6.92 Å². The lowest BCUT2D eigenvalue weighted by Gasteiger charge is -2.22. The first-order chi connectivity index (χ1) is 9.60. The molecule has 5 nitrogen and oxygen atoms in total. The Morgan fingerprint density at radius 1 is 1.30 bits per heavy atom. The molecule has 1 unspecified atom stereocenters. The van der Waals surface area contributed by atoms with Gasteiger partial charge in [0.05, 0.1) is 12.6 Å². The highest BCUT2D eigenvalue weighted by molar-refractivity contribution is 5.93. The van der Waals surface area contributed by atoms with E-state index in [2.05, 4.69) is 10.6 Å². The van der Waals surface area contributed by atoms with Crippen molar-refractivity contribution in [3.8, 4) is 0 Å². The number of anilines is 1. The van der Waals surface area contributed by atoms with Gasteiger partial charge >= 0.3 is 0 Å². The summed E-state index contributed by atoms with van der Waals surface area (Å²) in [5, 5.41) is 5.51. The summed E-state index contributed by atoms with van der Waals surface area (Å²) in [5.41, 5.74) is 1.94. The predicted molar refractivity (Wildman–Crippen MR) is 78.5 cm³/mol. The maximum atomic E-state index is 12.0. The van der Waals surface area contributed by atoms with E-state index >= 15 is 0 Å². The number of nitrogens with one attached hydrogen (secondary N) is 2. The normalized spacial score (nSPS) is 18.8. The number of nitrogens with zero attached hydrogens (tertiary/aromatic N) is 1. The van der Waals surface area contributed by atoms with E-state index in [1.807, 2.05) is 36.1 Å². The van der Waals surface area contributed by atoms with Crippen LogP contribution in [0.5, 0.6) is 0 Å². The molecule has 1 fully saturated rings. The molecular formula is C15H21N3O2. The van der Waals surface area contributed by atoms with E-state index in [1.165, 1.54) is 0 Å². The zero-order valence-corrected chi connectivity index (χ0v) is 12.0. The summed E-state index contributed by atoms with van der Waals surface area (Å²) in [6.07, 6.45) is 1.77. The third-order valence-electron chi connectivity index (χ3n) is 3.59. The molecule has 20 heavy (non-hydrogen) atoms. The number of hydrogen-bond donors (Lipinski definition) is 2. The van der Waals surface area contributed by atoms with Crippen LogP contribution in [0.25, 0.3) is 0 Å². The van der Waals surface area contributed by atoms with Gasteiger partial charge in [-0.3, -0.25) is 14.5 Å². The van der Waals surface area contributed by atoms with E-state index in [-0.39, 0.29) is 24.4 Å². The molecule has 1 aliphatic heterocycles. The summed E-state index contributed by atoms with van der Waals surface area (Å²) in [7, 11) is 1.63. The molecule has 0 spiro atoms. The highest BCUT2D eigenvalue weighted by Gasteiger charge is 2.31. The number of carbonyl (C=O) groups excluding carboxylic acids is 2. The average Bonchev–Trinajstić information content (AvgIpc) is 2.88. The van der Waals surface area contributed by atoms with Gasteiger partial charge in [-0.25, -0.2) is 0 Å². The van der Waals surface area contributed by atoms with Crippen molar-refractivity contribution in [2.75, 3.05) is 25.5 Å². The fourth-order valence-electron chi connectivity index (χ4n) is 2.50. The summed E-state index contributed by atoms with van der Waals surface area (Å²) >= 11 is 0. The van der Waals surface area contributed by atoms with Crippen LogP contribution in [0.1, 0.15) is 18.4 Å². The first-order valence-electron chi connectivity index (χ1n) is 6.92. The van der Waals surface area contributed by atoms with Crippen molar-refractivity contribution in [2.24, 2.45) is 0 Å². The van der Waals surface area contributed by atoms with Crippen LogP contribution in [-0.2, 0) is 9.59 Å². The third kappa shape index (κ3) is 3.57. The van der Waals surface area contributed by atoms with Crippen molar-refractivity contribution >= 4 is 17.5 Å². The molecule has 2 rings (SSSR count).